The highest BCUT2D eigenvalue weighted by Crippen LogP contribution is 1.96. The van der Waals surface area contributed by atoms with Gasteiger partial charge in [-0.05, 0) is 10.4 Å². The van der Waals surface area contributed by atoms with Crippen molar-refractivity contribution in [3.05, 3.63) is 60.7 Å². The van der Waals surface area contributed by atoms with Gasteiger partial charge in [0.05, 0.1) is 0 Å². The van der Waals surface area contributed by atoms with Gasteiger partial charge in [-0.15, -0.1) is 0 Å². The third kappa shape index (κ3) is 3.08. The van der Waals surface area contributed by atoms with E-state index in [1.165, 1.54) is 0 Å². The highest BCUT2D eigenvalue weighted by atomic mass is 28.3. The van der Waals surface area contributed by atoms with Crippen LogP contribution in [0, 0.1) is 0 Å². The Hall–Kier alpha value is -1.87. The van der Waals surface area contributed by atoms with Crippen molar-refractivity contribution in [2.75, 3.05) is 0 Å². The van der Waals surface area contributed by atoms with Crippen LogP contribution < -0.4 is 10.4 Å². The molecule has 2 aromatic carbocycles. The third-order valence-corrected chi connectivity index (χ3v) is 5.22. The molecule has 0 radical (unpaired) electrons. The smallest absolute Gasteiger partial charge is 0.302 e. The summed E-state index contributed by atoms with van der Waals surface area (Å²) in [5, 5.41) is 2.26. The summed E-state index contributed by atoms with van der Waals surface area (Å²) >= 11 is 0. The molecule has 0 spiro atoms. The molecular weight excluding hydrogens is 240 g/mol. The predicted octanol–water partition coefficient (Wildman–Crippen LogP) is 1.48. The molecule has 0 atom stereocenters. The SMILES string of the molecule is CCC(=O)O[SiH](c1ccccc1)c1ccccc1. The van der Waals surface area contributed by atoms with E-state index in [1.807, 2.05) is 67.6 Å². The van der Waals surface area contributed by atoms with Crippen LogP contribution in [0.2, 0.25) is 0 Å². The quantitative estimate of drug-likeness (QED) is 0.775. The first-order chi connectivity index (χ1) is 8.81. The van der Waals surface area contributed by atoms with Crippen LogP contribution in [0.15, 0.2) is 60.7 Å². The standard InChI is InChI=1S/C15H16O2Si/c1-2-15(16)17-18(13-9-5-3-6-10-13)14-11-7-4-8-12-14/h3-12,18H,2H2,1H3. The van der Waals surface area contributed by atoms with Crippen molar-refractivity contribution in [3.63, 3.8) is 0 Å². The van der Waals surface area contributed by atoms with Crippen LogP contribution in [0.25, 0.3) is 0 Å². The second-order valence-electron chi connectivity index (χ2n) is 4.04. The van der Waals surface area contributed by atoms with E-state index >= 15 is 0 Å². The van der Waals surface area contributed by atoms with Crippen LogP contribution in [0.3, 0.4) is 0 Å². The molecule has 92 valence electrons. The molecule has 0 aliphatic rings. The second kappa shape index (κ2) is 6.17. The predicted molar refractivity (Wildman–Crippen MR) is 75.7 cm³/mol. The summed E-state index contributed by atoms with van der Waals surface area (Å²) < 4.78 is 5.67. The van der Waals surface area contributed by atoms with E-state index < -0.39 is 9.04 Å². The van der Waals surface area contributed by atoms with E-state index in [9.17, 15) is 4.79 Å². The number of hydrogen-bond acceptors (Lipinski definition) is 2. The Morgan fingerprint density at radius 3 is 1.78 bits per heavy atom. The van der Waals surface area contributed by atoms with E-state index in [1.54, 1.807) is 0 Å². The van der Waals surface area contributed by atoms with E-state index in [2.05, 4.69) is 0 Å². The zero-order valence-electron chi connectivity index (χ0n) is 10.4. The van der Waals surface area contributed by atoms with Gasteiger partial charge in [-0.1, -0.05) is 67.6 Å². The number of hydrogen-bond donors (Lipinski definition) is 0. The third-order valence-electron chi connectivity index (χ3n) is 2.74. The average molecular weight is 256 g/mol. The molecule has 0 aliphatic carbocycles. The van der Waals surface area contributed by atoms with Crippen molar-refractivity contribution in [2.24, 2.45) is 0 Å². The molecule has 0 fully saturated rings. The Morgan fingerprint density at radius 2 is 1.39 bits per heavy atom. The normalized spacial score (nSPS) is 10.3. The van der Waals surface area contributed by atoms with E-state index in [4.69, 9.17) is 4.43 Å². The van der Waals surface area contributed by atoms with Crippen LogP contribution in [0.1, 0.15) is 13.3 Å². The largest absolute Gasteiger partial charge is 0.513 e. The zero-order chi connectivity index (χ0) is 12.8. The van der Waals surface area contributed by atoms with Gasteiger partial charge in [0, 0.05) is 6.42 Å². The van der Waals surface area contributed by atoms with Crippen molar-refractivity contribution < 1.29 is 9.22 Å². The molecule has 0 aliphatic heterocycles. The summed E-state index contributed by atoms with van der Waals surface area (Å²) in [5.41, 5.74) is 0. The summed E-state index contributed by atoms with van der Waals surface area (Å²) in [4.78, 5) is 11.6. The Morgan fingerprint density at radius 1 is 0.944 bits per heavy atom. The zero-order valence-corrected chi connectivity index (χ0v) is 11.5. The molecule has 0 aromatic heterocycles. The fourth-order valence-corrected chi connectivity index (χ4v) is 4.03. The minimum Gasteiger partial charge on any atom is -0.513 e. The number of rotatable bonds is 4. The van der Waals surface area contributed by atoms with Crippen molar-refractivity contribution in [1.29, 1.82) is 0 Å². The molecule has 0 N–H and O–H groups in total. The molecule has 0 amide bonds. The van der Waals surface area contributed by atoms with Crippen LogP contribution in [-0.2, 0) is 9.22 Å². The summed E-state index contributed by atoms with van der Waals surface area (Å²) in [5.74, 6) is -0.126. The minimum absolute atomic E-state index is 0.126. The molecule has 0 unspecified atom stereocenters. The average Bonchev–Trinajstić information content (AvgIpc) is 2.46. The molecule has 18 heavy (non-hydrogen) atoms. The number of benzene rings is 2. The van der Waals surface area contributed by atoms with Crippen molar-refractivity contribution in [3.8, 4) is 0 Å². The lowest BCUT2D eigenvalue weighted by atomic mass is 10.4. The van der Waals surface area contributed by atoms with Crippen molar-refractivity contribution >= 4 is 25.4 Å². The van der Waals surface area contributed by atoms with Gasteiger partial charge in [0.15, 0.2) is 0 Å². The minimum atomic E-state index is -1.88. The lowest BCUT2D eigenvalue weighted by molar-refractivity contribution is -0.134. The molecule has 0 bridgehead atoms. The van der Waals surface area contributed by atoms with E-state index in [-0.39, 0.29) is 5.97 Å². The van der Waals surface area contributed by atoms with E-state index in [0.29, 0.717) is 6.42 Å². The van der Waals surface area contributed by atoms with E-state index in [0.717, 1.165) is 10.4 Å². The molecule has 0 heterocycles. The van der Waals surface area contributed by atoms with Gasteiger partial charge in [-0.2, -0.15) is 0 Å². The number of carbonyl (C=O) groups is 1. The fraction of sp³-hybridized carbons (Fsp3) is 0.133. The molecule has 0 saturated heterocycles. The summed E-state index contributed by atoms with van der Waals surface area (Å²) in [6, 6.07) is 20.0. The van der Waals surface area contributed by atoms with Crippen LogP contribution in [0.5, 0.6) is 0 Å². The van der Waals surface area contributed by atoms with Crippen LogP contribution in [0.4, 0.5) is 0 Å². The summed E-state index contributed by atoms with van der Waals surface area (Å²) in [7, 11) is -1.88. The lowest BCUT2D eigenvalue weighted by Gasteiger charge is -2.16. The van der Waals surface area contributed by atoms with Gasteiger partial charge in [0.1, 0.15) is 0 Å². The molecular formula is C15H16O2Si. The monoisotopic (exact) mass is 256 g/mol. The summed E-state index contributed by atoms with van der Waals surface area (Å²) in [6.45, 7) is 1.82. The molecule has 0 saturated carbocycles. The van der Waals surface area contributed by atoms with Gasteiger partial charge in [0.2, 0.25) is 0 Å². The van der Waals surface area contributed by atoms with Crippen LogP contribution >= 0.6 is 0 Å². The first-order valence-corrected chi connectivity index (χ1v) is 7.73. The Kier molecular flexibility index (Phi) is 4.31. The van der Waals surface area contributed by atoms with Crippen molar-refractivity contribution in [2.45, 2.75) is 13.3 Å². The Bertz CT molecular complexity index is 457. The second-order valence-corrected chi connectivity index (χ2v) is 6.37. The van der Waals surface area contributed by atoms with Crippen molar-refractivity contribution in [1.82, 2.24) is 0 Å². The maximum Gasteiger partial charge on any atom is 0.302 e. The first-order valence-electron chi connectivity index (χ1n) is 6.10. The number of carbonyl (C=O) groups excluding carboxylic acids is 1. The molecule has 2 rings (SSSR count). The molecule has 2 aromatic rings. The summed E-state index contributed by atoms with van der Waals surface area (Å²) in [6.07, 6.45) is 0.420. The fourth-order valence-electron chi connectivity index (χ4n) is 1.80. The molecule has 2 nitrogen and oxygen atoms in total. The topological polar surface area (TPSA) is 26.3 Å². The van der Waals surface area contributed by atoms with Gasteiger partial charge in [-0.3, -0.25) is 4.79 Å². The highest BCUT2D eigenvalue weighted by Gasteiger charge is 2.20. The van der Waals surface area contributed by atoms with Gasteiger partial charge < -0.3 is 4.43 Å². The van der Waals surface area contributed by atoms with Gasteiger partial charge >= 0.3 is 9.04 Å². The van der Waals surface area contributed by atoms with Gasteiger partial charge in [0.25, 0.3) is 5.97 Å². The van der Waals surface area contributed by atoms with Gasteiger partial charge in [-0.25, -0.2) is 0 Å². The van der Waals surface area contributed by atoms with Crippen LogP contribution in [-0.4, -0.2) is 15.0 Å². The lowest BCUT2D eigenvalue weighted by Crippen LogP contribution is -2.46. The maximum atomic E-state index is 11.6. The highest BCUT2D eigenvalue weighted by molar-refractivity contribution is 6.81. The molecule has 3 heteroatoms. The maximum absolute atomic E-state index is 11.6. The first kappa shape index (κ1) is 12.6. The Balaban J connectivity index is 2.32. The Labute approximate surface area is 109 Å².